The van der Waals surface area contributed by atoms with Crippen LogP contribution in [0.5, 0.6) is 5.75 Å². The molecular weight excluding hydrogens is 478 g/mol. The number of phenolic OH excluding ortho intramolecular Hbond substituents is 1. The minimum Gasteiger partial charge on any atom is -0.506 e. The van der Waals surface area contributed by atoms with Gasteiger partial charge in [-0.15, -0.1) is 0 Å². The molecule has 0 aliphatic heterocycles. The quantitative estimate of drug-likeness (QED) is 0.377. The fourth-order valence-corrected chi connectivity index (χ4v) is 5.07. The van der Waals surface area contributed by atoms with Crippen LogP contribution in [0.2, 0.25) is 0 Å². The maximum atomic E-state index is 11.3. The van der Waals surface area contributed by atoms with E-state index in [-0.39, 0.29) is 12.7 Å². The Balaban J connectivity index is 3.65. The number of methoxy groups -OCH3 is 1. The van der Waals surface area contributed by atoms with Crippen molar-refractivity contribution in [3.63, 3.8) is 0 Å². The molecule has 0 aliphatic carbocycles. The molecule has 1 aromatic carbocycles. The number of esters is 1. The molecule has 0 saturated carbocycles. The first-order valence-corrected chi connectivity index (χ1v) is 7.56. The molecule has 17 heavy (non-hydrogen) atoms. The number of benzene rings is 1. The third-order valence-electron chi connectivity index (χ3n) is 1.81. The molecule has 0 spiro atoms. The third kappa shape index (κ3) is 3.00. The number of phenols is 1. The standard InChI is InChI=1S/C8H6I2O6S/c1-16-8(12)3-2-4(9)7(17(13,14)15)5(10)6(3)11/h2,11H,1H3,(H,13,14,15). The van der Waals surface area contributed by atoms with Crippen LogP contribution in [0, 0.1) is 7.14 Å². The van der Waals surface area contributed by atoms with Gasteiger partial charge in [0.15, 0.2) is 0 Å². The highest BCUT2D eigenvalue weighted by atomic mass is 127. The summed E-state index contributed by atoms with van der Waals surface area (Å²) >= 11 is 3.17. The van der Waals surface area contributed by atoms with Gasteiger partial charge in [-0.1, -0.05) is 0 Å². The zero-order valence-corrected chi connectivity index (χ0v) is 13.4. The molecule has 0 aromatic heterocycles. The average molecular weight is 484 g/mol. The Kier molecular flexibility index (Phi) is 4.60. The fourth-order valence-electron chi connectivity index (χ4n) is 1.09. The van der Waals surface area contributed by atoms with Crippen molar-refractivity contribution in [1.29, 1.82) is 0 Å². The maximum absolute atomic E-state index is 11.3. The van der Waals surface area contributed by atoms with Gasteiger partial charge >= 0.3 is 5.97 Å². The predicted molar refractivity (Wildman–Crippen MR) is 74.7 cm³/mol. The number of ether oxygens (including phenoxy) is 1. The molecule has 0 unspecified atom stereocenters. The van der Waals surface area contributed by atoms with Crippen LogP contribution in [0.25, 0.3) is 0 Å². The van der Waals surface area contributed by atoms with E-state index in [4.69, 9.17) is 4.55 Å². The fraction of sp³-hybridized carbons (Fsp3) is 0.125. The van der Waals surface area contributed by atoms with Crippen molar-refractivity contribution < 1.29 is 27.6 Å². The maximum Gasteiger partial charge on any atom is 0.341 e. The molecule has 0 saturated heterocycles. The van der Waals surface area contributed by atoms with Gasteiger partial charge in [0.05, 0.1) is 10.7 Å². The van der Waals surface area contributed by atoms with Crippen LogP contribution in [0.15, 0.2) is 11.0 Å². The summed E-state index contributed by atoms with van der Waals surface area (Å²) in [4.78, 5) is 10.9. The summed E-state index contributed by atoms with van der Waals surface area (Å²) in [5.41, 5.74) is -0.159. The number of halogens is 2. The van der Waals surface area contributed by atoms with Crippen molar-refractivity contribution in [2.24, 2.45) is 0 Å². The highest BCUT2D eigenvalue weighted by molar-refractivity contribution is 14.1. The molecule has 1 aromatic rings. The zero-order valence-electron chi connectivity index (χ0n) is 8.27. The molecule has 0 radical (unpaired) electrons. The van der Waals surface area contributed by atoms with Gasteiger partial charge in [0.1, 0.15) is 16.2 Å². The average Bonchev–Trinajstić information content (AvgIpc) is 2.20. The highest BCUT2D eigenvalue weighted by Gasteiger charge is 2.26. The van der Waals surface area contributed by atoms with E-state index in [1.807, 2.05) is 0 Å². The summed E-state index contributed by atoms with van der Waals surface area (Å²) in [6.45, 7) is 0. The number of hydrogen-bond acceptors (Lipinski definition) is 5. The van der Waals surface area contributed by atoms with E-state index in [0.29, 0.717) is 0 Å². The van der Waals surface area contributed by atoms with Crippen LogP contribution in [0.3, 0.4) is 0 Å². The van der Waals surface area contributed by atoms with E-state index in [2.05, 4.69) is 4.74 Å². The summed E-state index contributed by atoms with van der Waals surface area (Å²) in [6, 6.07) is 1.13. The smallest absolute Gasteiger partial charge is 0.341 e. The molecule has 9 heteroatoms. The van der Waals surface area contributed by atoms with Crippen LogP contribution in [-0.4, -0.2) is 31.2 Å². The summed E-state index contributed by atoms with van der Waals surface area (Å²) in [6.07, 6.45) is 0. The summed E-state index contributed by atoms with van der Waals surface area (Å²) in [5, 5.41) is 9.68. The Hall–Kier alpha value is -0.140. The Labute approximate surface area is 124 Å². The molecule has 0 bridgehead atoms. The van der Waals surface area contributed by atoms with Gasteiger partial charge in [-0.3, -0.25) is 4.55 Å². The third-order valence-corrected chi connectivity index (χ3v) is 5.39. The van der Waals surface area contributed by atoms with Crippen LogP contribution in [0.1, 0.15) is 10.4 Å². The molecule has 6 nitrogen and oxygen atoms in total. The van der Waals surface area contributed by atoms with Crippen molar-refractivity contribution in [3.05, 3.63) is 18.8 Å². The van der Waals surface area contributed by atoms with Gasteiger partial charge in [-0.05, 0) is 51.2 Å². The van der Waals surface area contributed by atoms with Gasteiger partial charge in [0.25, 0.3) is 10.1 Å². The van der Waals surface area contributed by atoms with E-state index in [1.165, 1.54) is 22.6 Å². The summed E-state index contributed by atoms with van der Waals surface area (Å²) < 4.78 is 35.6. The van der Waals surface area contributed by atoms with E-state index in [0.717, 1.165) is 13.2 Å². The minimum atomic E-state index is -4.46. The van der Waals surface area contributed by atoms with E-state index < -0.39 is 26.7 Å². The Morgan fingerprint density at radius 3 is 2.35 bits per heavy atom. The Morgan fingerprint density at radius 2 is 1.94 bits per heavy atom. The van der Waals surface area contributed by atoms with E-state index in [1.54, 1.807) is 22.6 Å². The van der Waals surface area contributed by atoms with Crippen LogP contribution < -0.4 is 0 Å². The largest absolute Gasteiger partial charge is 0.506 e. The second-order valence-corrected chi connectivity index (χ2v) is 6.46. The lowest BCUT2D eigenvalue weighted by atomic mass is 10.2. The monoisotopic (exact) mass is 484 g/mol. The lowest BCUT2D eigenvalue weighted by Gasteiger charge is -2.10. The minimum absolute atomic E-state index is 0.118. The van der Waals surface area contributed by atoms with Crippen molar-refractivity contribution in [2.75, 3.05) is 7.11 Å². The van der Waals surface area contributed by atoms with Gasteiger partial charge in [-0.2, -0.15) is 8.42 Å². The highest BCUT2D eigenvalue weighted by Crippen LogP contribution is 2.34. The van der Waals surface area contributed by atoms with Crippen molar-refractivity contribution in [1.82, 2.24) is 0 Å². The second kappa shape index (κ2) is 5.24. The second-order valence-electron chi connectivity index (χ2n) is 2.86. The Morgan fingerprint density at radius 1 is 1.41 bits per heavy atom. The van der Waals surface area contributed by atoms with Crippen LogP contribution in [0.4, 0.5) is 0 Å². The lowest BCUT2D eigenvalue weighted by Crippen LogP contribution is -2.09. The number of hydrogen-bond donors (Lipinski definition) is 2. The van der Waals surface area contributed by atoms with Crippen LogP contribution >= 0.6 is 45.2 Å². The molecule has 0 amide bonds. The van der Waals surface area contributed by atoms with E-state index in [9.17, 15) is 18.3 Å². The molecule has 1 rings (SSSR count). The van der Waals surface area contributed by atoms with Gasteiger partial charge < -0.3 is 9.84 Å². The topological polar surface area (TPSA) is 101 Å². The van der Waals surface area contributed by atoms with Gasteiger partial charge in [0, 0.05) is 3.57 Å². The molecule has 2 N–H and O–H groups in total. The summed E-state index contributed by atoms with van der Waals surface area (Å²) in [5.74, 6) is -1.33. The molecule has 0 aliphatic rings. The number of carbonyl (C=O) groups excluding carboxylic acids is 1. The normalized spacial score (nSPS) is 11.3. The molecule has 0 atom stereocenters. The summed E-state index contributed by atoms with van der Waals surface area (Å²) in [7, 11) is -3.33. The molecule has 0 heterocycles. The molecule has 0 fully saturated rings. The van der Waals surface area contributed by atoms with Crippen molar-refractivity contribution in [2.45, 2.75) is 4.90 Å². The number of carbonyl (C=O) groups is 1. The predicted octanol–water partition coefficient (Wildman–Crippen LogP) is 1.63. The van der Waals surface area contributed by atoms with Gasteiger partial charge in [-0.25, -0.2) is 4.79 Å². The zero-order chi connectivity index (χ0) is 13.4. The first kappa shape index (κ1) is 14.9. The van der Waals surface area contributed by atoms with E-state index >= 15 is 0 Å². The molecular formula is C8H6I2O6S. The first-order valence-electron chi connectivity index (χ1n) is 3.97. The van der Waals surface area contributed by atoms with Crippen LogP contribution in [-0.2, 0) is 14.9 Å². The Bertz CT molecular complexity index is 580. The van der Waals surface area contributed by atoms with Gasteiger partial charge in [0.2, 0.25) is 0 Å². The SMILES string of the molecule is COC(=O)c1cc(I)c(S(=O)(=O)O)c(I)c1O. The molecule has 94 valence electrons. The number of aromatic hydroxyl groups is 1. The van der Waals surface area contributed by atoms with Crippen molar-refractivity contribution in [3.8, 4) is 5.75 Å². The van der Waals surface area contributed by atoms with Crippen molar-refractivity contribution >= 4 is 61.3 Å². The first-order chi connectivity index (χ1) is 7.70. The number of rotatable bonds is 2. The lowest BCUT2D eigenvalue weighted by molar-refractivity contribution is 0.0597.